The molecule has 1 aromatic rings. The Bertz CT molecular complexity index is 599. The third kappa shape index (κ3) is 4.01. The van der Waals surface area contributed by atoms with Crippen molar-refractivity contribution in [2.75, 3.05) is 33.3 Å². The van der Waals surface area contributed by atoms with Gasteiger partial charge in [-0.2, -0.15) is 4.31 Å². The van der Waals surface area contributed by atoms with Gasteiger partial charge in [0.05, 0.1) is 7.11 Å². The number of benzene rings is 1. The third-order valence-electron chi connectivity index (χ3n) is 4.01. The van der Waals surface area contributed by atoms with Crippen LogP contribution in [-0.4, -0.2) is 46.0 Å². The first-order valence-electron chi connectivity index (χ1n) is 7.53. The van der Waals surface area contributed by atoms with Gasteiger partial charge in [-0.15, -0.1) is 0 Å². The monoisotopic (exact) mass is 390 g/mol. The molecular formula is C15H23BrN2O3S. The molecular weight excluding hydrogens is 368 g/mol. The average molecular weight is 391 g/mol. The summed E-state index contributed by atoms with van der Waals surface area (Å²) in [7, 11) is -1.95. The molecule has 0 radical (unpaired) electrons. The molecule has 124 valence electrons. The van der Waals surface area contributed by atoms with Crippen LogP contribution in [0.15, 0.2) is 27.6 Å². The van der Waals surface area contributed by atoms with Crippen molar-refractivity contribution in [1.82, 2.24) is 9.62 Å². The maximum atomic E-state index is 12.8. The van der Waals surface area contributed by atoms with Crippen LogP contribution >= 0.6 is 15.9 Å². The van der Waals surface area contributed by atoms with Gasteiger partial charge in [-0.1, -0.05) is 6.92 Å². The van der Waals surface area contributed by atoms with Crippen LogP contribution in [0.2, 0.25) is 0 Å². The Morgan fingerprint density at radius 2 is 2.05 bits per heavy atom. The van der Waals surface area contributed by atoms with E-state index >= 15 is 0 Å². The summed E-state index contributed by atoms with van der Waals surface area (Å²) in [5.74, 6) is 1.10. The molecule has 0 atom stereocenters. The lowest BCUT2D eigenvalue weighted by Crippen LogP contribution is -2.40. The molecule has 0 amide bonds. The Kier molecular flexibility index (Phi) is 6.26. The van der Waals surface area contributed by atoms with Gasteiger partial charge in [0.2, 0.25) is 10.0 Å². The molecule has 0 bridgehead atoms. The first-order chi connectivity index (χ1) is 10.5. The molecule has 5 nitrogen and oxygen atoms in total. The standard InChI is InChI=1S/C15H23BrN2O3S/c1-3-17-11-12-6-8-18(9-7-12)22(19,20)15-10-13(21-2)4-5-14(15)16/h4-5,10,12,17H,3,6-9,11H2,1-2H3. The molecule has 1 heterocycles. The number of ether oxygens (including phenoxy) is 1. The van der Waals surface area contributed by atoms with Gasteiger partial charge in [0.25, 0.3) is 0 Å². The number of sulfonamides is 1. The number of piperidine rings is 1. The number of nitrogens with one attached hydrogen (secondary N) is 1. The van der Waals surface area contributed by atoms with Gasteiger partial charge in [-0.05, 0) is 59.9 Å². The van der Waals surface area contributed by atoms with Crippen LogP contribution in [0.3, 0.4) is 0 Å². The van der Waals surface area contributed by atoms with E-state index in [2.05, 4.69) is 28.2 Å². The van der Waals surface area contributed by atoms with Gasteiger partial charge in [0.1, 0.15) is 10.6 Å². The van der Waals surface area contributed by atoms with Gasteiger partial charge in [-0.3, -0.25) is 0 Å². The molecule has 1 N–H and O–H groups in total. The molecule has 1 aromatic carbocycles. The predicted octanol–water partition coefficient (Wildman–Crippen LogP) is 2.47. The minimum Gasteiger partial charge on any atom is -0.497 e. The highest BCUT2D eigenvalue weighted by atomic mass is 79.9. The molecule has 1 saturated heterocycles. The summed E-state index contributed by atoms with van der Waals surface area (Å²) in [6, 6.07) is 5.03. The van der Waals surface area contributed by atoms with Crippen LogP contribution in [0.5, 0.6) is 5.75 Å². The smallest absolute Gasteiger partial charge is 0.244 e. The fourth-order valence-corrected chi connectivity index (χ4v) is 5.06. The third-order valence-corrected chi connectivity index (χ3v) is 6.91. The molecule has 0 aromatic heterocycles. The Hall–Kier alpha value is -0.630. The number of hydrogen-bond donors (Lipinski definition) is 1. The molecule has 22 heavy (non-hydrogen) atoms. The van der Waals surface area contributed by atoms with Crippen LogP contribution in [0.1, 0.15) is 19.8 Å². The lowest BCUT2D eigenvalue weighted by molar-refractivity contribution is 0.268. The highest BCUT2D eigenvalue weighted by molar-refractivity contribution is 9.10. The van der Waals surface area contributed by atoms with Crippen LogP contribution in [0, 0.1) is 5.92 Å². The van der Waals surface area contributed by atoms with Crippen molar-refractivity contribution in [3.05, 3.63) is 22.7 Å². The zero-order valence-electron chi connectivity index (χ0n) is 13.0. The first-order valence-corrected chi connectivity index (χ1v) is 9.76. The Labute approximate surface area is 141 Å². The summed E-state index contributed by atoms with van der Waals surface area (Å²) in [4.78, 5) is 0.275. The molecule has 1 aliphatic rings. The van der Waals surface area contributed by atoms with E-state index in [1.807, 2.05) is 0 Å². The van der Waals surface area contributed by atoms with Crippen molar-refractivity contribution in [3.63, 3.8) is 0 Å². The summed E-state index contributed by atoms with van der Waals surface area (Å²) < 4.78 is 32.9. The van der Waals surface area contributed by atoms with Crippen molar-refractivity contribution >= 4 is 26.0 Å². The fourth-order valence-electron chi connectivity index (χ4n) is 2.65. The number of methoxy groups -OCH3 is 1. The largest absolute Gasteiger partial charge is 0.497 e. The van der Waals surface area contributed by atoms with E-state index in [1.54, 1.807) is 22.5 Å². The number of rotatable bonds is 6. The fraction of sp³-hybridized carbons (Fsp3) is 0.600. The molecule has 0 aliphatic carbocycles. The Balaban J connectivity index is 2.12. The molecule has 1 aliphatic heterocycles. The highest BCUT2D eigenvalue weighted by Gasteiger charge is 2.30. The molecule has 2 rings (SSSR count). The van der Waals surface area contributed by atoms with Crippen LogP contribution in [-0.2, 0) is 10.0 Å². The average Bonchev–Trinajstić information content (AvgIpc) is 2.53. The van der Waals surface area contributed by atoms with Gasteiger partial charge >= 0.3 is 0 Å². The number of hydrogen-bond acceptors (Lipinski definition) is 4. The SMILES string of the molecule is CCNCC1CCN(S(=O)(=O)c2cc(OC)ccc2Br)CC1. The van der Waals surface area contributed by atoms with E-state index in [0.29, 0.717) is 29.2 Å². The van der Waals surface area contributed by atoms with Crippen molar-refractivity contribution in [2.45, 2.75) is 24.7 Å². The molecule has 0 spiro atoms. The number of halogens is 1. The summed E-state index contributed by atoms with van der Waals surface area (Å²) >= 11 is 3.34. The maximum Gasteiger partial charge on any atom is 0.244 e. The Morgan fingerprint density at radius 1 is 1.36 bits per heavy atom. The Morgan fingerprint density at radius 3 is 2.64 bits per heavy atom. The van der Waals surface area contributed by atoms with E-state index in [1.165, 1.54) is 7.11 Å². The van der Waals surface area contributed by atoms with E-state index < -0.39 is 10.0 Å². The second-order valence-corrected chi connectivity index (χ2v) is 8.21. The van der Waals surface area contributed by atoms with Crippen molar-refractivity contribution in [3.8, 4) is 5.75 Å². The van der Waals surface area contributed by atoms with Crippen molar-refractivity contribution in [1.29, 1.82) is 0 Å². The second-order valence-electron chi connectivity index (χ2n) is 5.45. The van der Waals surface area contributed by atoms with E-state index in [9.17, 15) is 8.42 Å². The molecule has 0 saturated carbocycles. The number of nitrogens with zero attached hydrogens (tertiary/aromatic N) is 1. The lowest BCUT2D eigenvalue weighted by atomic mass is 9.98. The summed E-state index contributed by atoms with van der Waals surface area (Å²) in [5.41, 5.74) is 0. The maximum absolute atomic E-state index is 12.8. The van der Waals surface area contributed by atoms with Gasteiger partial charge in [0.15, 0.2) is 0 Å². The van der Waals surface area contributed by atoms with E-state index in [0.717, 1.165) is 25.9 Å². The minimum absolute atomic E-state index is 0.275. The summed E-state index contributed by atoms with van der Waals surface area (Å²) in [6.45, 7) is 5.15. The lowest BCUT2D eigenvalue weighted by Gasteiger charge is -2.31. The van der Waals surface area contributed by atoms with Crippen molar-refractivity contribution < 1.29 is 13.2 Å². The first kappa shape index (κ1) is 17.7. The highest BCUT2D eigenvalue weighted by Crippen LogP contribution is 2.31. The topological polar surface area (TPSA) is 58.6 Å². The zero-order chi connectivity index (χ0) is 16.2. The predicted molar refractivity (Wildman–Crippen MR) is 90.7 cm³/mol. The zero-order valence-corrected chi connectivity index (χ0v) is 15.4. The van der Waals surface area contributed by atoms with Crippen LogP contribution < -0.4 is 10.1 Å². The normalized spacial score (nSPS) is 17.6. The second kappa shape index (κ2) is 7.77. The van der Waals surface area contributed by atoms with Gasteiger partial charge < -0.3 is 10.1 Å². The molecule has 0 unspecified atom stereocenters. The summed E-state index contributed by atoms with van der Waals surface area (Å²) in [6.07, 6.45) is 1.79. The van der Waals surface area contributed by atoms with Gasteiger partial charge in [0, 0.05) is 23.6 Å². The summed E-state index contributed by atoms with van der Waals surface area (Å²) in [5, 5.41) is 3.34. The van der Waals surface area contributed by atoms with Gasteiger partial charge in [-0.25, -0.2) is 8.42 Å². The van der Waals surface area contributed by atoms with Crippen LogP contribution in [0.25, 0.3) is 0 Å². The van der Waals surface area contributed by atoms with E-state index in [-0.39, 0.29) is 4.90 Å². The quantitative estimate of drug-likeness (QED) is 0.810. The molecule has 7 heteroatoms. The molecule has 1 fully saturated rings. The minimum atomic E-state index is -3.48. The van der Waals surface area contributed by atoms with Crippen LogP contribution in [0.4, 0.5) is 0 Å². The van der Waals surface area contributed by atoms with Crippen molar-refractivity contribution in [2.24, 2.45) is 5.92 Å². The van der Waals surface area contributed by atoms with E-state index in [4.69, 9.17) is 4.74 Å².